The standard InChI is InChI=1S/C70H122O6/c1-4-7-10-13-16-19-22-25-28-30-32-34-36-37-39-42-45-48-51-54-57-60-63-69(72)75-66-67(65-74-68(71)62-59-56-53-50-47-44-41-27-24-21-18-15-12-9-6-3)76-70(73)64-61-58-55-52-49-46-43-40-38-35-33-31-29-26-23-20-17-14-11-8-5-2/h8-9,11-12,17-18,20-21,26-27,29,33,35,41,67H,4-7,10,13-16,19,22-25,28,30-32,34,36-40,42-66H2,1-3H3/b11-8-,12-9-,20-17-,21-18-,29-26-,35-33-,41-27-. The van der Waals surface area contributed by atoms with Crippen LogP contribution in [0.25, 0.3) is 0 Å². The van der Waals surface area contributed by atoms with Crippen molar-refractivity contribution < 1.29 is 28.6 Å². The molecule has 438 valence electrons. The van der Waals surface area contributed by atoms with E-state index in [-0.39, 0.29) is 31.1 Å². The molecule has 1 unspecified atom stereocenters. The number of allylic oxidation sites excluding steroid dienone is 14. The summed E-state index contributed by atoms with van der Waals surface area (Å²) in [4.78, 5) is 38.4. The van der Waals surface area contributed by atoms with E-state index >= 15 is 0 Å². The minimum absolute atomic E-state index is 0.0829. The molecule has 0 aliphatic carbocycles. The molecule has 0 aromatic heterocycles. The Morgan fingerprint density at radius 3 is 0.803 bits per heavy atom. The molecule has 0 rings (SSSR count). The molecule has 0 aliphatic rings. The third kappa shape index (κ3) is 61.4. The summed E-state index contributed by atoms with van der Waals surface area (Å²) >= 11 is 0. The molecule has 0 aromatic rings. The van der Waals surface area contributed by atoms with Crippen molar-refractivity contribution in [3.05, 3.63) is 85.1 Å². The number of hydrogen-bond acceptors (Lipinski definition) is 6. The largest absolute Gasteiger partial charge is 0.462 e. The number of hydrogen-bond donors (Lipinski definition) is 0. The number of carbonyl (C=O) groups is 3. The van der Waals surface area contributed by atoms with E-state index in [4.69, 9.17) is 14.2 Å². The Balaban J connectivity index is 4.35. The first-order valence-electron chi connectivity index (χ1n) is 32.6. The van der Waals surface area contributed by atoms with Gasteiger partial charge in [0.05, 0.1) is 0 Å². The van der Waals surface area contributed by atoms with E-state index in [0.29, 0.717) is 19.3 Å². The highest BCUT2D eigenvalue weighted by atomic mass is 16.6. The minimum Gasteiger partial charge on any atom is -0.462 e. The smallest absolute Gasteiger partial charge is 0.306 e. The normalized spacial score (nSPS) is 12.6. The van der Waals surface area contributed by atoms with Crippen molar-refractivity contribution >= 4 is 17.9 Å². The lowest BCUT2D eigenvalue weighted by Crippen LogP contribution is -2.30. The van der Waals surface area contributed by atoms with Crippen molar-refractivity contribution in [3.8, 4) is 0 Å². The number of unbranched alkanes of at least 4 members (excludes halogenated alkanes) is 34. The lowest BCUT2D eigenvalue weighted by molar-refractivity contribution is -0.167. The lowest BCUT2D eigenvalue weighted by Gasteiger charge is -2.18. The van der Waals surface area contributed by atoms with Gasteiger partial charge < -0.3 is 14.2 Å². The van der Waals surface area contributed by atoms with Gasteiger partial charge in [0.25, 0.3) is 0 Å². The lowest BCUT2D eigenvalue weighted by atomic mass is 10.0. The summed E-state index contributed by atoms with van der Waals surface area (Å²) in [7, 11) is 0. The van der Waals surface area contributed by atoms with Gasteiger partial charge in [0, 0.05) is 19.3 Å². The van der Waals surface area contributed by atoms with E-state index in [2.05, 4.69) is 106 Å². The van der Waals surface area contributed by atoms with Crippen LogP contribution in [0.5, 0.6) is 0 Å². The van der Waals surface area contributed by atoms with Crippen LogP contribution in [0, 0.1) is 0 Å². The Bertz CT molecular complexity index is 1450. The zero-order valence-electron chi connectivity index (χ0n) is 50.3. The van der Waals surface area contributed by atoms with Crippen molar-refractivity contribution in [2.45, 2.75) is 329 Å². The molecule has 76 heavy (non-hydrogen) atoms. The molecule has 0 aliphatic heterocycles. The van der Waals surface area contributed by atoms with Crippen molar-refractivity contribution in [3.63, 3.8) is 0 Å². The molecule has 0 spiro atoms. The average molecular weight is 1060 g/mol. The average Bonchev–Trinajstić information content (AvgIpc) is 3.42. The van der Waals surface area contributed by atoms with Crippen LogP contribution in [-0.4, -0.2) is 37.2 Å². The predicted molar refractivity (Wildman–Crippen MR) is 330 cm³/mol. The Morgan fingerprint density at radius 1 is 0.276 bits per heavy atom. The Hall–Kier alpha value is -3.41. The van der Waals surface area contributed by atoms with Crippen molar-refractivity contribution in [2.75, 3.05) is 13.2 Å². The van der Waals surface area contributed by atoms with Crippen LogP contribution in [0.15, 0.2) is 85.1 Å². The van der Waals surface area contributed by atoms with Crippen molar-refractivity contribution in [1.29, 1.82) is 0 Å². The third-order valence-electron chi connectivity index (χ3n) is 14.1. The van der Waals surface area contributed by atoms with E-state index in [1.165, 1.54) is 154 Å². The first-order valence-corrected chi connectivity index (χ1v) is 32.6. The van der Waals surface area contributed by atoms with Gasteiger partial charge in [0.15, 0.2) is 6.10 Å². The van der Waals surface area contributed by atoms with Crippen LogP contribution in [0.4, 0.5) is 0 Å². The Kier molecular flexibility index (Phi) is 61.2. The molecule has 0 radical (unpaired) electrons. The molecule has 0 aromatic carbocycles. The van der Waals surface area contributed by atoms with Gasteiger partial charge in [-0.25, -0.2) is 0 Å². The molecule has 0 N–H and O–H groups in total. The Labute approximate surface area is 471 Å². The van der Waals surface area contributed by atoms with Crippen molar-refractivity contribution in [1.82, 2.24) is 0 Å². The van der Waals surface area contributed by atoms with E-state index in [1.54, 1.807) is 0 Å². The first-order chi connectivity index (χ1) is 37.5. The highest BCUT2D eigenvalue weighted by Gasteiger charge is 2.19. The molecule has 0 fully saturated rings. The molecular formula is C70H122O6. The molecule has 0 saturated heterocycles. The Morgan fingerprint density at radius 2 is 0.513 bits per heavy atom. The number of carbonyl (C=O) groups excluding carboxylic acids is 3. The van der Waals surface area contributed by atoms with Gasteiger partial charge in [-0.2, -0.15) is 0 Å². The quantitative estimate of drug-likeness (QED) is 0.0261. The van der Waals surface area contributed by atoms with Crippen LogP contribution < -0.4 is 0 Å². The zero-order valence-corrected chi connectivity index (χ0v) is 50.3. The van der Waals surface area contributed by atoms with Gasteiger partial charge in [-0.1, -0.05) is 298 Å². The minimum atomic E-state index is -0.789. The fraction of sp³-hybridized carbons (Fsp3) is 0.757. The van der Waals surface area contributed by atoms with E-state index in [0.717, 1.165) is 128 Å². The summed E-state index contributed by atoms with van der Waals surface area (Å²) in [6, 6.07) is 0. The van der Waals surface area contributed by atoms with Gasteiger partial charge in [0.2, 0.25) is 0 Å². The molecule has 0 bridgehead atoms. The van der Waals surface area contributed by atoms with Gasteiger partial charge in [-0.15, -0.1) is 0 Å². The second-order valence-corrected chi connectivity index (χ2v) is 21.6. The molecule has 1 atom stereocenters. The summed E-state index contributed by atoms with van der Waals surface area (Å²) in [5.41, 5.74) is 0. The van der Waals surface area contributed by atoms with Gasteiger partial charge in [-0.05, 0) is 89.9 Å². The second kappa shape index (κ2) is 64.1. The third-order valence-corrected chi connectivity index (χ3v) is 14.1. The summed E-state index contributed by atoms with van der Waals surface area (Å²) in [6.07, 6.45) is 84.5. The van der Waals surface area contributed by atoms with Gasteiger partial charge >= 0.3 is 17.9 Å². The fourth-order valence-corrected chi connectivity index (χ4v) is 9.33. The molecule has 0 saturated carbocycles. The molecule has 0 amide bonds. The predicted octanol–water partition coefficient (Wildman–Crippen LogP) is 22.3. The van der Waals surface area contributed by atoms with Crippen LogP contribution in [0.2, 0.25) is 0 Å². The second-order valence-electron chi connectivity index (χ2n) is 21.6. The number of rotatable bonds is 59. The van der Waals surface area contributed by atoms with E-state index in [9.17, 15) is 14.4 Å². The van der Waals surface area contributed by atoms with Gasteiger partial charge in [-0.3, -0.25) is 14.4 Å². The summed E-state index contributed by atoms with van der Waals surface area (Å²) in [6.45, 7) is 6.44. The highest BCUT2D eigenvalue weighted by Crippen LogP contribution is 2.17. The maximum Gasteiger partial charge on any atom is 0.306 e. The van der Waals surface area contributed by atoms with Crippen molar-refractivity contribution in [2.24, 2.45) is 0 Å². The molecular weight excluding hydrogens is 937 g/mol. The number of esters is 3. The maximum atomic E-state index is 12.9. The summed E-state index contributed by atoms with van der Waals surface area (Å²) in [5.74, 6) is -0.894. The monoisotopic (exact) mass is 1060 g/mol. The van der Waals surface area contributed by atoms with E-state index < -0.39 is 6.10 Å². The van der Waals surface area contributed by atoms with Crippen LogP contribution in [0.1, 0.15) is 323 Å². The van der Waals surface area contributed by atoms with Crippen LogP contribution in [-0.2, 0) is 28.6 Å². The fourth-order valence-electron chi connectivity index (χ4n) is 9.33. The van der Waals surface area contributed by atoms with E-state index in [1.807, 2.05) is 0 Å². The zero-order chi connectivity index (χ0) is 55.0. The SMILES string of the molecule is CC/C=C\C/C=C\C/C=C\C/C=C\CCCCCCCCCCC(=O)OC(COC(=O)CCCCCCC/C=C\C/C=C\C/C=C\CC)COC(=O)CCCCCCCCCCCCCCCCCCCCCCCC. The molecule has 6 heteroatoms. The van der Waals surface area contributed by atoms with Crippen LogP contribution in [0.3, 0.4) is 0 Å². The van der Waals surface area contributed by atoms with Crippen LogP contribution >= 0.6 is 0 Å². The number of ether oxygens (including phenoxy) is 3. The molecule has 6 nitrogen and oxygen atoms in total. The summed E-state index contributed by atoms with van der Waals surface area (Å²) < 4.78 is 16.9. The van der Waals surface area contributed by atoms with Gasteiger partial charge in [0.1, 0.15) is 13.2 Å². The molecule has 0 heterocycles. The summed E-state index contributed by atoms with van der Waals surface area (Å²) in [5, 5.41) is 0. The maximum absolute atomic E-state index is 12.9. The highest BCUT2D eigenvalue weighted by molar-refractivity contribution is 5.71. The first kappa shape index (κ1) is 72.6. The topological polar surface area (TPSA) is 78.9 Å².